The van der Waals surface area contributed by atoms with Gasteiger partial charge in [-0.3, -0.25) is 9.78 Å². The molecule has 0 bridgehead atoms. The largest absolute Gasteiger partial charge is 0.385 e. The number of nitrogens with zero attached hydrogens (tertiary/aromatic N) is 3. The van der Waals surface area contributed by atoms with Gasteiger partial charge in [-0.25, -0.2) is 0 Å². The Kier molecular flexibility index (Phi) is 5.50. The van der Waals surface area contributed by atoms with Gasteiger partial charge in [-0.2, -0.15) is 0 Å². The van der Waals surface area contributed by atoms with Crippen molar-refractivity contribution in [3.63, 3.8) is 0 Å². The van der Waals surface area contributed by atoms with Crippen molar-refractivity contribution in [1.29, 1.82) is 0 Å². The van der Waals surface area contributed by atoms with Crippen LogP contribution >= 0.6 is 0 Å². The molecule has 1 aromatic heterocycles. The molecule has 0 unspecified atom stereocenters. The lowest BCUT2D eigenvalue weighted by atomic mass is 9.89. The molecule has 1 amide bonds. The van der Waals surface area contributed by atoms with Gasteiger partial charge < -0.3 is 14.5 Å². The van der Waals surface area contributed by atoms with Crippen molar-refractivity contribution < 1.29 is 9.53 Å². The average molecular weight is 365 g/mol. The zero-order valence-corrected chi connectivity index (χ0v) is 15.8. The van der Waals surface area contributed by atoms with Crippen LogP contribution in [-0.2, 0) is 4.74 Å². The van der Waals surface area contributed by atoms with Gasteiger partial charge in [0.1, 0.15) is 0 Å². The van der Waals surface area contributed by atoms with Crippen LogP contribution in [0.15, 0.2) is 54.9 Å². The first-order valence-corrected chi connectivity index (χ1v) is 9.75. The van der Waals surface area contributed by atoms with Crippen molar-refractivity contribution in [2.24, 2.45) is 11.8 Å². The van der Waals surface area contributed by atoms with E-state index >= 15 is 0 Å². The monoisotopic (exact) mass is 365 g/mol. The number of hydrogen-bond acceptors (Lipinski definition) is 4. The molecule has 2 saturated heterocycles. The number of benzene rings is 1. The first-order chi connectivity index (χ1) is 13.3. The van der Waals surface area contributed by atoms with Crippen LogP contribution in [0.4, 0.5) is 0 Å². The number of pyridine rings is 1. The molecule has 2 aromatic rings. The fourth-order valence-electron chi connectivity index (χ4n) is 4.69. The number of likely N-dealkylation sites (tertiary alicyclic amines) is 2. The van der Waals surface area contributed by atoms with E-state index in [1.165, 1.54) is 5.56 Å². The lowest BCUT2D eigenvalue weighted by Gasteiger charge is -2.30. The van der Waals surface area contributed by atoms with Crippen molar-refractivity contribution in [2.75, 3.05) is 39.9 Å². The van der Waals surface area contributed by atoms with Gasteiger partial charge in [-0.05, 0) is 30.0 Å². The molecule has 1 aromatic carbocycles. The summed E-state index contributed by atoms with van der Waals surface area (Å²) in [7, 11) is 1.76. The Morgan fingerprint density at radius 2 is 2.00 bits per heavy atom. The molecule has 27 heavy (non-hydrogen) atoms. The zero-order valence-electron chi connectivity index (χ0n) is 15.8. The molecule has 5 nitrogen and oxygen atoms in total. The van der Waals surface area contributed by atoms with Crippen LogP contribution in [0.5, 0.6) is 0 Å². The predicted octanol–water partition coefficient (Wildman–Crippen LogP) is 2.86. The van der Waals surface area contributed by atoms with Crippen molar-refractivity contribution in [2.45, 2.75) is 12.5 Å². The minimum Gasteiger partial charge on any atom is -0.385 e. The minimum atomic E-state index is 0.0947. The number of hydrogen-bond donors (Lipinski definition) is 0. The molecule has 2 aliphatic heterocycles. The maximum atomic E-state index is 13.2. The summed E-state index contributed by atoms with van der Waals surface area (Å²) in [6, 6.07) is 14.3. The molecule has 0 N–H and O–H groups in total. The summed E-state index contributed by atoms with van der Waals surface area (Å²) >= 11 is 0. The van der Waals surface area contributed by atoms with E-state index < -0.39 is 0 Å². The topological polar surface area (TPSA) is 45.7 Å². The number of rotatable bonds is 6. The fraction of sp³-hybridized carbons (Fsp3) is 0.455. The van der Waals surface area contributed by atoms with Gasteiger partial charge in [0.2, 0.25) is 0 Å². The first kappa shape index (κ1) is 18.1. The van der Waals surface area contributed by atoms with Crippen LogP contribution in [-0.4, -0.2) is 60.6 Å². The molecule has 2 aliphatic rings. The van der Waals surface area contributed by atoms with Crippen LogP contribution in [0.2, 0.25) is 0 Å². The maximum Gasteiger partial charge on any atom is 0.255 e. The smallest absolute Gasteiger partial charge is 0.255 e. The van der Waals surface area contributed by atoms with E-state index in [4.69, 9.17) is 4.74 Å². The number of aromatic nitrogens is 1. The van der Waals surface area contributed by atoms with Crippen LogP contribution in [0.1, 0.15) is 28.4 Å². The second-order valence-electron chi connectivity index (χ2n) is 7.58. The lowest BCUT2D eigenvalue weighted by Crippen LogP contribution is -2.36. The highest BCUT2D eigenvalue weighted by molar-refractivity contribution is 5.94. The summed E-state index contributed by atoms with van der Waals surface area (Å²) < 4.78 is 5.20. The van der Waals surface area contributed by atoms with E-state index in [0.717, 1.165) is 39.2 Å². The van der Waals surface area contributed by atoms with E-state index in [1.807, 2.05) is 18.2 Å². The van der Waals surface area contributed by atoms with Crippen LogP contribution < -0.4 is 0 Å². The van der Waals surface area contributed by atoms with Crippen molar-refractivity contribution in [1.82, 2.24) is 14.8 Å². The summed E-state index contributed by atoms with van der Waals surface area (Å²) in [4.78, 5) is 22.0. The molecular weight excluding hydrogens is 338 g/mol. The highest BCUT2D eigenvalue weighted by atomic mass is 16.5. The van der Waals surface area contributed by atoms with Gasteiger partial charge in [0, 0.05) is 58.2 Å². The molecule has 3 heterocycles. The second-order valence-corrected chi connectivity index (χ2v) is 7.58. The van der Waals surface area contributed by atoms with E-state index in [-0.39, 0.29) is 11.9 Å². The standard InChI is InChI=1S/C22H27N3O2/c1-27-12-6-11-24-14-19-15-25(22(26)18-9-5-10-23-13-18)21(20(19)16-24)17-7-3-2-4-8-17/h2-5,7-10,13,19-21H,6,11-12,14-16H2,1H3/t19-,20-,21+/m0/s1. The molecule has 0 saturated carbocycles. The van der Waals surface area contributed by atoms with E-state index in [2.05, 4.69) is 39.0 Å². The van der Waals surface area contributed by atoms with E-state index in [1.54, 1.807) is 19.5 Å². The summed E-state index contributed by atoms with van der Waals surface area (Å²) in [5, 5.41) is 0. The third kappa shape index (κ3) is 3.75. The minimum absolute atomic E-state index is 0.0947. The number of fused-ring (bicyclic) bond motifs is 1. The van der Waals surface area contributed by atoms with Gasteiger partial charge in [-0.1, -0.05) is 30.3 Å². The third-order valence-electron chi connectivity index (χ3n) is 5.87. The number of amides is 1. The normalized spacial score (nSPS) is 24.9. The van der Waals surface area contributed by atoms with Crippen LogP contribution in [0.3, 0.4) is 0 Å². The fourth-order valence-corrected chi connectivity index (χ4v) is 4.69. The molecule has 0 aliphatic carbocycles. The summed E-state index contributed by atoms with van der Waals surface area (Å²) in [5.74, 6) is 1.10. The molecule has 5 heteroatoms. The first-order valence-electron chi connectivity index (χ1n) is 9.75. The van der Waals surface area contributed by atoms with Crippen LogP contribution in [0.25, 0.3) is 0 Å². The number of methoxy groups -OCH3 is 1. The van der Waals surface area contributed by atoms with E-state index in [0.29, 0.717) is 17.4 Å². The van der Waals surface area contributed by atoms with Crippen molar-refractivity contribution in [3.8, 4) is 0 Å². The Balaban J connectivity index is 1.56. The number of carbonyl (C=O) groups excluding carboxylic acids is 1. The van der Waals surface area contributed by atoms with Crippen molar-refractivity contribution in [3.05, 3.63) is 66.0 Å². The average Bonchev–Trinajstić information content (AvgIpc) is 3.26. The van der Waals surface area contributed by atoms with E-state index in [9.17, 15) is 4.79 Å². The molecule has 4 rings (SSSR count). The maximum absolute atomic E-state index is 13.2. The Morgan fingerprint density at radius 1 is 1.15 bits per heavy atom. The van der Waals surface area contributed by atoms with Gasteiger partial charge in [0.05, 0.1) is 11.6 Å². The number of ether oxygens (including phenoxy) is 1. The van der Waals surface area contributed by atoms with Crippen LogP contribution in [0, 0.1) is 11.8 Å². The number of carbonyl (C=O) groups is 1. The highest BCUT2D eigenvalue weighted by Crippen LogP contribution is 2.45. The van der Waals surface area contributed by atoms with Gasteiger partial charge in [0.15, 0.2) is 0 Å². The molecule has 0 radical (unpaired) electrons. The summed E-state index contributed by atoms with van der Waals surface area (Å²) in [6.07, 6.45) is 4.45. The van der Waals surface area contributed by atoms with Gasteiger partial charge >= 0.3 is 0 Å². The Hall–Kier alpha value is -2.24. The highest BCUT2D eigenvalue weighted by Gasteiger charge is 2.48. The second kappa shape index (κ2) is 8.19. The Labute approximate surface area is 161 Å². The molecule has 3 atom stereocenters. The summed E-state index contributed by atoms with van der Waals surface area (Å²) in [6.45, 7) is 4.80. The Morgan fingerprint density at radius 3 is 2.74 bits per heavy atom. The zero-order chi connectivity index (χ0) is 18.6. The lowest BCUT2D eigenvalue weighted by molar-refractivity contribution is 0.0699. The van der Waals surface area contributed by atoms with Crippen molar-refractivity contribution >= 4 is 5.91 Å². The predicted molar refractivity (Wildman–Crippen MR) is 104 cm³/mol. The SMILES string of the molecule is COCCCN1C[C@H]2CN(C(=O)c3cccnc3)[C@H](c3ccccc3)[C@H]2C1. The molecular formula is C22H27N3O2. The van der Waals surface area contributed by atoms with Gasteiger partial charge in [0.25, 0.3) is 5.91 Å². The quantitative estimate of drug-likeness (QED) is 0.739. The summed E-state index contributed by atoms with van der Waals surface area (Å²) in [5.41, 5.74) is 1.91. The van der Waals surface area contributed by atoms with Gasteiger partial charge in [-0.15, -0.1) is 0 Å². The third-order valence-corrected chi connectivity index (χ3v) is 5.87. The molecule has 142 valence electrons. The molecule has 2 fully saturated rings. The Bertz CT molecular complexity index is 753. The molecule has 0 spiro atoms.